The number of hydrogen-bond acceptors (Lipinski definition) is 3. The molecule has 4 nitrogen and oxygen atoms in total. The molecule has 1 aromatic rings. The second kappa shape index (κ2) is 5.74. The van der Waals surface area contributed by atoms with Crippen molar-refractivity contribution >= 4 is 5.69 Å². The molecule has 1 aliphatic heterocycles. The van der Waals surface area contributed by atoms with E-state index in [0.717, 1.165) is 19.5 Å². The highest BCUT2D eigenvalue weighted by Crippen LogP contribution is 2.22. The van der Waals surface area contributed by atoms with E-state index < -0.39 is 0 Å². The molecule has 4 heteroatoms. The van der Waals surface area contributed by atoms with E-state index in [4.69, 9.17) is 0 Å². The molecule has 1 aliphatic rings. The van der Waals surface area contributed by atoms with Crippen molar-refractivity contribution in [3.63, 3.8) is 0 Å². The number of nitrogens with zero attached hydrogens (tertiary/aromatic N) is 3. The third-order valence-corrected chi connectivity index (χ3v) is 3.79. The number of rotatable bonds is 2. The lowest BCUT2D eigenvalue weighted by Gasteiger charge is -2.32. The van der Waals surface area contributed by atoms with Gasteiger partial charge in [-0.15, -0.1) is 0 Å². The SMILES string of the molecule is CCc1nn(C)cc1N1CCC(C)NC(C)CC1. The van der Waals surface area contributed by atoms with Gasteiger partial charge in [0.1, 0.15) is 0 Å². The molecule has 0 amide bonds. The van der Waals surface area contributed by atoms with Crippen molar-refractivity contribution in [2.75, 3.05) is 18.0 Å². The number of aryl methyl sites for hydroxylation is 2. The zero-order valence-corrected chi connectivity index (χ0v) is 12.1. The number of nitrogens with one attached hydrogen (secondary N) is 1. The maximum absolute atomic E-state index is 4.56. The average Bonchev–Trinajstić information content (AvgIpc) is 2.68. The lowest BCUT2D eigenvalue weighted by atomic mass is 10.1. The molecule has 0 spiro atoms. The third kappa shape index (κ3) is 3.05. The van der Waals surface area contributed by atoms with Crippen molar-refractivity contribution in [3.8, 4) is 0 Å². The maximum atomic E-state index is 4.56. The summed E-state index contributed by atoms with van der Waals surface area (Å²) >= 11 is 0. The van der Waals surface area contributed by atoms with Gasteiger partial charge in [-0.1, -0.05) is 6.92 Å². The summed E-state index contributed by atoms with van der Waals surface area (Å²) in [6.45, 7) is 9.00. The maximum Gasteiger partial charge on any atom is 0.0855 e. The molecule has 1 saturated heterocycles. The first-order chi connectivity index (χ1) is 8.60. The minimum absolute atomic E-state index is 0.601. The summed E-state index contributed by atoms with van der Waals surface area (Å²) in [7, 11) is 2.01. The highest BCUT2D eigenvalue weighted by atomic mass is 15.3. The standard InChI is InChI=1S/C14H26N4/c1-5-13-14(10-17(4)16-13)18-8-6-11(2)15-12(3)7-9-18/h10-12,15H,5-9H2,1-4H3. The first-order valence-corrected chi connectivity index (χ1v) is 7.13. The molecule has 0 radical (unpaired) electrons. The summed E-state index contributed by atoms with van der Waals surface area (Å²) in [5, 5.41) is 8.20. The van der Waals surface area contributed by atoms with E-state index in [1.54, 1.807) is 0 Å². The van der Waals surface area contributed by atoms with Crippen molar-refractivity contribution in [1.82, 2.24) is 15.1 Å². The molecule has 0 saturated carbocycles. The van der Waals surface area contributed by atoms with Gasteiger partial charge in [-0.05, 0) is 33.1 Å². The Hall–Kier alpha value is -1.03. The predicted octanol–water partition coefficient (Wildman–Crippen LogP) is 1.95. The van der Waals surface area contributed by atoms with Gasteiger partial charge in [-0.3, -0.25) is 4.68 Å². The van der Waals surface area contributed by atoms with Gasteiger partial charge in [0, 0.05) is 38.4 Å². The van der Waals surface area contributed by atoms with Gasteiger partial charge in [-0.2, -0.15) is 5.10 Å². The highest BCUT2D eigenvalue weighted by molar-refractivity contribution is 5.49. The molecular weight excluding hydrogens is 224 g/mol. The zero-order valence-electron chi connectivity index (χ0n) is 12.1. The Balaban J connectivity index is 2.14. The van der Waals surface area contributed by atoms with E-state index in [-0.39, 0.29) is 0 Å². The number of aromatic nitrogens is 2. The molecule has 0 bridgehead atoms. The molecule has 1 N–H and O–H groups in total. The first-order valence-electron chi connectivity index (χ1n) is 7.13. The van der Waals surface area contributed by atoms with E-state index in [1.807, 2.05) is 11.7 Å². The van der Waals surface area contributed by atoms with E-state index in [2.05, 4.69) is 42.3 Å². The lowest BCUT2D eigenvalue weighted by molar-refractivity contribution is 0.404. The van der Waals surface area contributed by atoms with Gasteiger partial charge < -0.3 is 10.2 Å². The van der Waals surface area contributed by atoms with Crippen LogP contribution >= 0.6 is 0 Å². The molecule has 0 aromatic carbocycles. The van der Waals surface area contributed by atoms with Crippen LogP contribution in [-0.2, 0) is 13.5 Å². The summed E-state index contributed by atoms with van der Waals surface area (Å²) < 4.78 is 1.94. The Morgan fingerprint density at radius 3 is 2.44 bits per heavy atom. The third-order valence-electron chi connectivity index (χ3n) is 3.79. The molecule has 18 heavy (non-hydrogen) atoms. The highest BCUT2D eigenvalue weighted by Gasteiger charge is 2.19. The van der Waals surface area contributed by atoms with Gasteiger partial charge in [0.05, 0.1) is 11.4 Å². The monoisotopic (exact) mass is 250 g/mol. The molecular formula is C14H26N4. The Morgan fingerprint density at radius 1 is 1.28 bits per heavy atom. The van der Waals surface area contributed by atoms with Crippen molar-refractivity contribution in [2.45, 2.75) is 52.1 Å². The van der Waals surface area contributed by atoms with Crippen LogP contribution in [0.1, 0.15) is 39.3 Å². The fourth-order valence-electron chi connectivity index (χ4n) is 2.74. The van der Waals surface area contributed by atoms with E-state index in [0.29, 0.717) is 12.1 Å². The Labute approximate surface area is 110 Å². The quantitative estimate of drug-likeness (QED) is 0.871. The van der Waals surface area contributed by atoms with Crippen LogP contribution in [0.25, 0.3) is 0 Å². The summed E-state index contributed by atoms with van der Waals surface area (Å²) in [5.74, 6) is 0. The van der Waals surface area contributed by atoms with Gasteiger partial charge in [0.2, 0.25) is 0 Å². The molecule has 2 heterocycles. The van der Waals surface area contributed by atoms with E-state index in [9.17, 15) is 0 Å². The van der Waals surface area contributed by atoms with Crippen LogP contribution in [0.4, 0.5) is 5.69 Å². The van der Waals surface area contributed by atoms with Crippen molar-refractivity contribution in [3.05, 3.63) is 11.9 Å². The average molecular weight is 250 g/mol. The lowest BCUT2D eigenvalue weighted by Crippen LogP contribution is -2.43. The molecule has 1 fully saturated rings. The van der Waals surface area contributed by atoms with Crippen LogP contribution < -0.4 is 10.2 Å². The van der Waals surface area contributed by atoms with Gasteiger partial charge in [0.15, 0.2) is 0 Å². The van der Waals surface area contributed by atoms with Crippen molar-refractivity contribution in [2.24, 2.45) is 7.05 Å². The second-order valence-electron chi connectivity index (χ2n) is 5.52. The summed E-state index contributed by atoms with van der Waals surface area (Å²) in [6.07, 6.45) is 5.57. The normalized spacial score (nSPS) is 25.9. The summed E-state index contributed by atoms with van der Waals surface area (Å²) in [4.78, 5) is 2.51. The Morgan fingerprint density at radius 2 is 1.89 bits per heavy atom. The zero-order chi connectivity index (χ0) is 13.1. The smallest absolute Gasteiger partial charge is 0.0855 e. The fourth-order valence-corrected chi connectivity index (χ4v) is 2.74. The van der Waals surface area contributed by atoms with E-state index in [1.165, 1.54) is 24.2 Å². The van der Waals surface area contributed by atoms with Crippen LogP contribution in [-0.4, -0.2) is 35.0 Å². The van der Waals surface area contributed by atoms with Crippen LogP contribution in [0.3, 0.4) is 0 Å². The Bertz CT molecular complexity index is 373. The molecule has 0 aliphatic carbocycles. The first kappa shape index (κ1) is 13.4. The number of anilines is 1. The van der Waals surface area contributed by atoms with Gasteiger partial charge in [-0.25, -0.2) is 0 Å². The molecule has 2 rings (SSSR count). The largest absolute Gasteiger partial charge is 0.369 e. The fraction of sp³-hybridized carbons (Fsp3) is 0.786. The van der Waals surface area contributed by atoms with Crippen molar-refractivity contribution in [1.29, 1.82) is 0 Å². The molecule has 102 valence electrons. The van der Waals surface area contributed by atoms with Crippen LogP contribution in [0, 0.1) is 0 Å². The molecule has 2 atom stereocenters. The van der Waals surface area contributed by atoms with E-state index >= 15 is 0 Å². The van der Waals surface area contributed by atoms with Crippen LogP contribution in [0.2, 0.25) is 0 Å². The predicted molar refractivity (Wildman–Crippen MR) is 76.1 cm³/mol. The van der Waals surface area contributed by atoms with Crippen LogP contribution in [0.15, 0.2) is 6.20 Å². The molecule has 1 aromatic heterocycles. The Kier molecular flexibility index (Phi) is 4.27. The second-order valence-corrected chi connectivity index (χ2v) is 5.52. The molecule has 2 unspecified atom stereocenters. The van der Waals surface area contributed by atoms with Crippen molar-refractivity contribution < 1.29 is 0 Å². The summed E-state index contributed by atoms with van der Waals surface area (Å²) in [6, 6.07) is 1.20. The topological polar surface area (TPSA) is 33.1 Å². The van der Waals surface area contributed by atoms with Gasteiger partial charge in [0.25, 0.3) is 0 Å². The van der Waals surface area contributed by atoms with Gasteiger partial charge >= 0.3 is 0 Å². The minimum Gasteiger partial charge on any atom is -0.369 e. The minimum atomic E-state index is 0.601. The number of hydrogen-bond donors (Lipinski definition) is 1. The summed E-state index contributed by atoms with van der Waals surface area (Å²) in [5.41, 5.74) is 2.56. The van der Waals surface area contributed by atoms with Crippen LogP contribution in [0.5, 0.6) is 0 Å².